The van der Waals surface area contributed by atoms with Crippen molar-refractivity contribution >= 4 is 0 Å². The van der Waals surface area contributed by atoms with Crippen molar-refractivity contribution in [2.75, 3.05) is 0 Å². The van der Waals surface area contributed by atoms with E-state index in [4.69, 9.17) is 0 Å². The largest absolute Gasteiger partial charge is 0.335 e. The lowest BCUT2D eigenvalue weighted by atomic mass is 10.4. The van der Waals surface area contributed by atoms with Gasteiger partial charge in [-0.15, -0.1) is 0 Å². The second kappa shape index (κ2) is 2.40. The highest BCUT2D eigenvalue weighted by molar-refractivity contribution is 4.90. The summed E-state index contributed by atoms with van der Waals surface area (Å²) in [6, 6.07) is 0. The van der Waals surface area contributed by atoms with Crippen LogP contribution in [0.15, 0.2) is 0 Å². The van der Waals surface area contributed by atoms with Crippen molar-refractivity contribution < 1.29 is 0 Å². The lowest BCUT2D eigenvalue weighted by molar-refractivity contribution is 0.865. The Labute approximate surface area is 60.4 Å². The topological polar surface area (TPSA) is 106 Å². The number of rotatable bonds is 2. The molecule has 0 amide bonds. The first kappa shape index (κ1) is 5.89. The fraction of sp³-hybridized carbons (Fsp3) is 0.333. The molecular weight excluding hydrogens is 148 g/mol. The van der Waals surface area contributed by atoms with Crippen molar-refractivity contribution in [2.45, 2.75) is 6.42 Å². The third-order valence-electron chi connectivity index (χ3n) is 1.04. The Bertz CT molecular complexity index is 262. The number of hydrogen-bond donors (Lipinski definition) is 0. The Morgan fingerprint density at radius 2 is 1.45 bits per heavy atom. The first-order chi connectivity index (χ1) is 5.45. The summed E-state index contributed by atoms with van der Waals surface area (Å²) >= 11 is 0. The lowest BCUT2D eigenvalue weighted by Crippen LogP contribution is -1.96. The van der Waals surface area contributed by atoms with E-state index in [-0.39, 0.29) is 0 Å². The van der Waals surface area contributed by atoms with E-state index in [9.17, 15) is 0 Å². The molecule has 0 saturated heterocycles. The fourth-order valence-electron chi connectivity index (χ4n) is 0.609. The van der Waals surface area contributed by atoms with E-state index >= 15 is 0 Å². The first-order valence-electron chi connectivity index (χ1n) is 2.80. The van der Waals surface area contributed by atoms with Crippen LogP contribution in [-0.4, -0.2) is 31.1 Å². The van der Waals surface area contributed by atoms with Gasteiger partial charge in [0.2, 0.25) is 0 Å². The van der Waals surface area contributed by atoms with Gasteiger partial charge in [0, 0.05) is 18.1 Å². The molecule has 0 aromatic carbocycles. The molecule has 0 unspecified atom stereocenters. The second-order valence-corrected chi connectivity index (χ2v) is 1.77. The van der Waals surface area contributed by atoms with Crippen molar-refractivity contribution in [3.63, 3.8) is 0 Å². The summed E-state index contributed by atoms with van der Waals surface area (Å²) in [4.78, 5) is 0. The van der Waals surface area contributed by atoms with Gasteiger partial charge in [-0.1, -0.05) is 0 Å². The molecule has 0 bridgehead atoms. The molecule has 0 radical (unpaired) electrons. The van der Waals surface area contributed by atoms with Crippen LogP contribution in [-0.2, 0) is 6.42 Å². The quantitative estimate of drug-likeness (QED) is 0.464. The first-order valence-corrected chi connectivity index (χ1v) is 2.80. The van der Waals surface area contributed by atoms with E-state index in [0.717, 1.165) is 0 Å². The molecule has 2 heterocycles. The smallest absolute Gasteiger partial charge is 0.0147 e. The maximum atomic E-state index is 3.58. The zero-order valence-electron chi connectivity index (χ0n) is 5.28. The van der Waals surface area contributed by atoms with Crippen LogP contribution < -0.4 is 10.2 Å². The predicted octanol–water partition coefficient (Wildman–Crippen LogP) is -2.44. The average Bonchev–Trinajstić information content (AvgIpc) is 2.60. The van der Waals surface area contributed by atoms with Gasteiger partial charge in [-0.05, 0) is 0 Å². The molecule has 0 fully saturated rings. The number of nitrogens with zero attached hydrogens (tertiary/aromatic N) is 8. The molecule has 11 heavy (non-hydrogen) atoms. The number of tetrazole rings is 2. The monoisotopic (exact) mass is 150 g/mol. The molecule has 56 valence electrons. The molecule has 0 saturated carbocycles. The van der Waals surface area contributed by atoms with E-state index in [1.165, 1.54) is 0 Å². The highest BCUT2D eigenvalue weighted by Crippen LogP contribution is 1.90. The van der Waals surface area contributed by atoms with Crippen LogP contribution in [0.25, 0.3) is 0 Å². The summed E-state index contributed by atoms with van der Waals surface area (Å²) in [5.74, 6) is 0.944. The van der Waals surface area contributed by atoms with E-state index < -0.39 is 0 Å². The minimum atomic E-state index is 0.375. The molecule has 8 nitrogen and oxygen atoms in total. The van der Waals surface area contributed by atoms with Crippen LogP contribution >= 0.6 is 0 Å². The van der Waals surface area contributed by atoms with Crippen molar-refractivity contribution in [1.82, 2.24) is 41.2 Å². The van der Waals surface area contributed by atoms with Gasteiger partial charge in [0.1, 0.15) is 0 Å². The van der Waals surface area contributed by atoms with Crippen LogP contribution in [0, 0.1) is 0 Å². The standard InChI is InChI=1S/C3H2N8/c1(2-4-8-9-5-2)3-6-10-11-7-3/h1H2/q-2. The van der Waals surface area contributed by atoms with E-state index in [2.05, 4.69) is 41.2 Å². The Morgan fingerprint density at radius 1 is 0.909 bits per heavy atom. The maximum absolute atomic E-state index is 3.58. The summed E-state index contributed by atoms with van der Waals surface area (Å²) in [5, 5.41) is 27.5. The Hall–Kier alpha value is -1.86. The molecule has 0 atom stereocenters. The molecule has 8 heteroatoms. The van der Waals surface area contributed by atoms with Crippen LogP contribution in [0.5, 0.6) is 0 Å². The van der Waals surface area contributed by atoms with Crippen LogP contribution in [0.3, 0.4) is 0 Å². The zero-order chi connectivity index (χ0) is 7.52. The molecule has 0 aliphatic heterocycles. The average molecular weight is 150 g/mol. The van der Waals surface area contributed by atoms with Gasteiger partial charge in [-0.3, -0.25) is 20.6 Å². The summed E-state index contributed by atoms with van der Waals surface area (Å²) in [6.07, 6.45) is 0.375. The normalized spacial score (nSPS) is 10.2. The zero-order valence-corrected chi connectivity index (χ0v) is 5.28. The Balaban J connectivity index is 2.14. The van der Waals surface area contributed by atoms with Gasteiger partial charge in [0.25, 0.3) is 0 Å². The third-order valence-corrected chi connectivity index (χ3v) is 1.04. The van der Waals surface area contributed by atoms with Gasteiger partial charge < -0.3 is 10.2 Å². The molecular formula is C3H2N8-2. The van der Waals surface area contributed by atoms with Crippen molar-refractivity contribution in [3.8, 4) is 0 Å². The number of aromatic nitrogens is 8. The minimum absolute atomic E-state index is 0.375. The number of hydrogen-bond acceptors (Lipinski definition) is 6. The van der Waals surface area contributed by atoms with Crippen LogP contribution in [0.1, 0.15) is 11.6 Å². The lowest BCUT2D eigenvalue weighted by Gasteiger charge is -1.96. The summed E-state index contributed by atoms with van der Waals surface area (Å²) < 4.78 is 0. The molecule has 2 aromatic rings. The van der Waals surface area contributed by atoms with Gasteiger partial charge in [-0.2, -0.15) is 10.4 Å². The minimum Gasteiger partial charge on any atom is -0.335 e. The predicted molar refractivity (Wildman–Crippen MR) is 29.1 cm³/mol. The molecule has 2 aromatic heterocycles. The van der Waals surface area contributed by atoms with Crippen LogP contribution in [0.4, 0.5) is 0 Å². The summed E-state index contributed by atoms with van der Waals surface area (Å²) in [6.45, 7) is 0. The van der Waals surface area contributed by atoms with Crippen molar-refractivity contribution in [3.05, 3.63) is 11.6 Å². The summed E-state index contributed by atoms with van der Waals surface area (Å²) in [7, 11) is 0. The molecule has 2 rings (SSSR count). The fourth-order valence-corrected chi connectivity index (χ4v) is 0.609. The molecule has 0 N–H and O–H groups in total. The maximum Gasteiger partial charge on any atom is 0.0147 e. The van der Waals surface area contributed by atoms with Gasteiger partial charge >= 0.3 is 0 Å². The van der Waals surface area contributed by atoms with E-state index in [1.54, 1.807) is 0 Å². The van der Waals surface area contributed by atoms with Crippen molar-refractivity contribution in [1.29, 1.82) is 0 Å². The van der Waals surface area contributed by atoms with Gasteiger partial charge in [0.15, 0.2) is 0 Å². The van der Waals surface area contributed by atoms with Gasteiger partial charge in [0.05, 0.1) is 0 Å². The van der Waals surface area contributed by atoms with E-state index in [0.29, 0.717) is 18.1 Å². The van der Waals surface area contributed by atoms with Gasteiger partial charge in [-0.25, -0.2) is 0 Å². The van der Waals surface area contributed by atoms with E-state index in [1.807, 2.05) is 0 Å². The third kappa shape index (κ3) is 1.18. The molecule has 0 spiro atoms. The molecule has 0 aliphatic rings. The SMILES string of the molecule is C(c1nnn[n-]1)c1nnn[n-]1. The summed E-state index contributed by atoms with van der Waals surface area (Å²) in [5.41, 5.74) is 0. The van der Waals surface area contributed by atoms with Crippen LogP contribution in [0.2, 0.25) is 0 Å². The van der Waals surface area contributed by atoms with Crippen molar-refractivity contribution in [2.24, 2.45) is 0 Å². The molecule has 0 aliphatic carbocycles. The highest BCUT2D eigenvalue weighted by Gasteiger charge is 1.89. The second-order valence-electron chi connectivity index (χ2n) is 1.77. The highest BCUT2D eigenvalue weighted by atomic mass is 15.5. The Kier molecular flexibility index (Phi) is 1.29. The Morgan fingerprint density at radius 3 is 1.82 bits per heavy atom.